The molecule has 6 heteroatoms. The molecule has 2 heterocycles. The van der Waals surface area contributed by atoms with E-state index in [1.165, 1.54) is 10.9 Å². The fraction of sp³-hybridized carbons (Fsp3) is 0.190. The Hall–Kier alpha value is -3.41. The first-order chi connectivity index (χ1) is 13.3. The van der Waals surface area contributed by atoms with Gasteiger partial charge in [0.2, 0.25) is 5.95 Å². The van der Waals surface area contributed by atoms with Crippen molar-refractivity contribution in [1.29, 1.82) is 0 Å². The molecule has 0 aliphatic carbocycles. The van der Waals surface area contributed by atoms with Crippen molar-refractivity contribution >= 4 is 28.4 Å². The summed E-state index contributed by atoms with van der Waals surface area (Å²) in [6.07, 6.45) is 4.64. The van der Waals surface area contributed by atoms with Gasteiger partial charge < -0.3 is 15.2 Å². The summed E-state index contributed by atoms with van der Waals surface area (Å²) in [7, 11) is 0. The van der Waals surface area contributed by atoms with E-state index < -0.39 is 0 Å². The number of rotatable bonds is 7. The number of hydrogen-bond acceptors (Lipinski definition) is 5. The highest BCUT2D eigenvalue weighted by molar-refractivity contribution is 5.83. The SMILES string of the molecule is CCN(c1ccccc1)c1cnnc(NCCc2c[nH]c3ccccc23)n1. The van der Waals surface area contributed by atoms with Gasteiger partial charge in [0, 0.05) is 35.9 Å². The smallest absolute Gasteiger partial charge is 0.244 e. The Morgan fingerprint density at radius 1 is 1.04 bits per heavy atom. The molecule has 4 rings (SSSR count). The van der Waals surface area contributed by atoms with Gasteiger partial charge in [-0.05, 0) is 37.1 Å². The van der Waals surface area contributed by atoms with E-state index in [1.54, 1.807) is 6.20 Å². The predicted molar refractivity (Wildman–Crippen MR) is 109 cm³/mol. The molecule has 0 spiro atoms. The normalized spacial score (nSPS) is 10.9. The standard InChI is InChI=1S/C21H22N6/c1-2-27(17-8-4-3-5-9-17)20-15-24-26-21(25-20)22-13-12-16-14-23-19-11-7-6-10-18(16)19/h3-11,14-15,23H,2,12-13H2,1H3,(H,22,25,26). The van der Waals surface area contributed by atoms with Gasteiger partial charge in [0.1, 0.15) is 0 Å². The molecule has 0 atom stereocenters. The summed E-state index contributed by atoms with van der Waals surface area (Å²) in [4.78, 5) is 10.1. The van der Waals surface area contributed by atoms with Crippen molar-refractivity contribution in [2.45, 2.75) is 13.3 Å². The van der Waals surface area contributed by atoms with E-state index in [1.807, 2.05) is 24.3 Å². The van der Waals surface area contributed by atoms with Gasteiger partial charge in [-0.25, -0.2) is 0 Å². The number of aromatic nitrogens is 4. The number of para-hydroxylation sites is 2. The fourth-order valence-corrected chi connectivity index (χ4v) is 3.23. The molecular formula is C21H22N6. The number of fused-ring (bicyclic) bond motifs is 1. The summed E-state index contributed by atoms with van der Waals surface area (Å²) < 4.78 is 0. The first-order valence-electron chi connectivity index (χ1n) is 9.16. The van der Waals surface area contributed by atoms with Crippen LogP contribution in [0, 0.1) is 0 Å². The maximum absolute atomic E-state index is 4.63. The van der Waals surface area contributed by atoms with Gasteiger partial charge in [0.15, 0.2) is 5.82 Å². The Kier molecular flexibility index (Phi) is 4.96. The number of H-pyrrole nitrogens is 1. The zero-order valence-electron chi connectivity index (χ0n) is 15.3. The minimum Gasteiger partial charge on any atom is -0.361 e. The van der Waals surface area contributed by atoms with Crippen molar-refractivity contribution in [2.75, 3.05) is 23.3 Å². The molecule has 0 bridgehead atoms. The monoisotopic (exact) mass is 358 g/mol. The first-order valence-corrected chi connectivity index (χ1v) is 9.16. The number of benzene rings is 2. The molecule has 0 saturated carbocycles. The van der Waals surface area contributed by atoms with E-state index in [9.17, 15) is 0 Å². The topological polar surface area (TPSA) is 69.7 Å². The van der Waals surface area contributed by atoms with Crippen LogP contribution in [0.5, 0.6) is 0 Å². The molecule has 27 heavy (non-hydrogen) atoms. The first kappa shape index (κ1) is 17.0. The van der Waals surface area contributed by atoms with Crippen LogP contribution in [0.15, 0.2) is 67.0 Å². The van der Waals surface area contributed by atoms with E-state index in [0.29, 0.717) is 5.95 Å². The van der Waals surface area contributed by atoms with Gasteiger partial charge in [-0.2, -0.15) is 10.1 Å². The van der Waals surface area contributed by atoms with Gasteiger partial charge in [-0.15, -0.1) is 5.10 Å². The van der Waals surface area contributed by atoms with E-state index in [-0.39, 0.29) is 0 Å². The van der Waals surface area contributed by atoms with Crippen LogP contribution < -0.4 is 10.2 Å². The summed E-state index contributed by atoms with van der Waals surface area (Å²) in [6, 6.07) is 18.5. The molecule has 2 aromatic carbocycles. The minimum absolute atomic E-state index is 0.543. The molecule has 2 N–H and O–H groups in total. The molecule has 0 amide bonds. The Balaban J connectivity index is 1.45. The average molecular weight is 358 g/mol. The van der Waals surface area contributed by atoms with Crippen LogP contribution in [0.4, 0.5) is 17.5 Å². The summed E-state index contributed by atoms with van der Waals surface area (Å²) in [6.45, 7) is 3.64. The Morgan fingerprint density at radius 3 is 2.70 bits per heavy atom. The van der Waals surface area contributed by atoms with Crippen molar-refractivity contribution in [1.82, 2.24) is 20.2 Å². The third kappa shape index (κ3) is 3.74. The average Bonchev–Trinajstić information content (AvgIpc) is 3.13. The van der Waals surface area contributed by atoms with Crippen molar-refractivity contribution in [3.05, 3.63) is 72.6 Å². The molecule has 0 unspecified atom stereocenters. The summed E-state index contributed by atoms with van der Waals surface area (Å²) in [5, 5.41) is 12.8. The summed E-state index contributed by atoms with van der Waals surface area (Å²) in [5.41, 5.74) is 3.53. The Bertz CT molecular complexity index is 1010. The predicted octanol–water partition coefficient (Wildman–Crippen LogP) is 4.17. The summed E-state index contributed by atoms with van der Waals surface area (Å²) >= 11 is 0. The molecule has 136 valence electrons. The summed E-state index contributed by atoms with van der Waals surface area (Å²) in [5.74, 6) is 1.33. The maximum atomic E-state index is 4.63. The maximum Gasteiger partial charge on any atom is 0.244 e. The highest BCUT2D eigenvalue weighted by atomic mass is 15.3. The number of hydrogen-bond donors (Lipinski definition) is 2. The van der Waals surface area contributed by atoms with Crippen LogP contribution >= 0.6 is 0 Å². The lowest BCUT2D eigenvalue weighted by Gasteiger charge is -2.21. The van der Waals surface area contributed by atoms with E-state index in [2.05, 4.69) is 73.8 Å². The Morgan fingerprint density at radius 2 is 1.85 bits per heavy atom. The zero-order chi connectivity index (χ0) is 18.5. The second-order valence-corrected chi connectivity index (χ2v) is 6.25. The molecule has 4 aromatic rings. The van der Waals surface area contributed by atoms with Gasteiger partial charge in [0.05, 0.1) is 6.20 Å². The lowest BCUT2D eigenvalue weighted by molar-refractivity contribution is 0.897. The molecule has 6 nitrogen and oxygen atoms in total. The number of aromatic amines is 1. The number of nitrogens with zero attached hydrogens (tertiary/aromatic N) is 4. The van der Waals surface area contributed by atoms with Crippen molar-refractivity contribution < 1.29 is 0 Å². The quantitative estimate of drug-likeness (QED) is 0.519. The van der Waals surface area contributed by atoms with E-state index in [0.717, 1.165) is 36.5 Å². The largest absolute Gasteiger partial charge is 0.361 e. The molecule has 0 aliphatic rings. The van der Waals surface area contributed by atoms with Crippen LogP contribution in [0.25, 0.3) is 10.9 Å². The number of anilines is 3. The second-order valence-electron chi connectivity index (χ2n) is 6.25. The van der Waals surface area contributed by atoms with E-state index >= 15 is 0 Å². The van der Waals surface area contributed by atoms with Crippen molar-refractivity contribution in [3.63, 3.8) is 0 Å². The lowest BCUT2D eigenvalue weighted by Crippen LogP contribution is -2.19. The van der Waals surface area contributed by atoms with Crippen molar-refractivity contribution in [3.8, 4) is 0 Å². The van der Waals surface area contributed by atoms with Gasteiger partial charge in [-0.3, -0.25) is 0 Å². The van der Waals surface area contributed by atoms with E-state index in [4.69, 9.17) is 0 Å². The van der Waals surface area contributed by atoms with Crippen LogP contribution in [-0.2, 0) is 6.42 Å². The highest BCUT2D eigenvalue weighted by Crippen LogP contribution is 2.22. The molecule has 0 saturated heterocycles. The molecule has 2 aromatic heterocycles. The third-order valence-corrected chi connectivity index (χ3v) is 4.56. The molecule has 0 fully saturated rings. The molecule has 0 aliphatic heterocycles. The van der Waals surface area contributed by atoms with Gasteiger partial charge in [-0.1, -0.05) is 36.4 Å². The molecular weight excluding hydrogens is 336 g/mol. The fourth-order valence-electron chi connectivity index (χ4n) is 3.23. The van der Waals surface area contributed by atoms with Crippen molar-refractivity contribution in [2.24, 2.45) is 0 Å². The van der Waals surface area contributed by atoms with Crippen LogP contribution in [0.1, 0.15) is 12.5 Å². The van der Waals surface area contributed by atoms with Crippen LogP contribution in [-0.4, -0.2) is 33.3 Å². The number of nitrogens with one attached hydrogen (secondary N) is 2. The Labute approximate surface area is 158 Å². The zero-order valence-corrected chi connectivity index (χ0v) is 15.3. The minimum atomic E-state index is 0.543. The lowest BCUT2D eigenvalue weighted by atomic mass is 10.1. The van der Waals surface area contributed by atoms with Gasteiger partial charge >= 0.3 is 0 Å². The van der Waals surface area contributed by atoms with Crippen LogP contribution in [0.3, 0.4) is 0 Å². The second kappa shape index (κ2) is 7.86. The highest BCUT2D eigenvalue weighted by Gasteiger charge is 2.10. The third-order valence-electron chi connectivity index (χ3n) is 4.56. The van der Waals surface area contributed by atoms with Crippen LogP contribution in [0.2, 0.25) is 0 Å². The van der Waals surface area contributed by atoms with Gasteiger partial charge in [0.25, 0.3) is 0 Å². The molecule has 0 radical (unpaired) electrons.